The lowest BCUT2D eigenvalue weighted by atomic mass is 10.2. The molecule has 0 unspecified atom stereocenters. The first-order valence-corrected chi connectivity index (χ1v) is 8.01. The Balaban J connectivity index is 1.72. The summed E-state index contributed by atoms with van der Waals surface area (Å²) in [5.74, 6) is -1.11. The van der Waals surface area contributed by atoms with Gasteiger partial charge in [0.25, 0.3) is 5.91 Å². The number of benzene rings is 1. The molecule has 8 heteroatoms. The van der Waals surface area contributed by atoms with Crippen LogP contribution in [-0.2, 0) is 4.79 Å². The van der Waals surface area contributed by atoms with Crippen LogP contribution in [0.25, 0.3) is 0 Å². The van der Waals surface area contributed by atoms with E-state index in [1.54, 1.807) is 17.5 Å². The van der Waals surface area contributed by atoms with E-state index in [0.29, 0.717) is 23.8 Å². The van der Waals surface area contributed by atoms with Crippen LogP contribution in [0.5, 0.6) is 0 Å². The van der Waals surface area contributed by atoms with Gasteiger partial charge in [-0.05, 0) is 37.1 Å². The van der Waals surface area contributed by atoms with Crippen molar-refractivity contribution in [1.82, 2.24) is 9.88 Å². The fraction of sp³-hybridized carbons (Fsp3) is 0.267. The third-order valence-corrected chi connectivity index (χ3v) is 4.42. The summed E-state index contributed by atoms with van der Waals surface area (Å²) in [6, 6.07) is 5.29. The largest absolute Gasteiger partial charge is 0.368 e. The first-order valence-electron chi connectivity index (χ1n) is 7.13. The van der Waals surface area contributed by atoms with E-state index in [0.717, 1.165) is 6.42 Å². The predicted molar refractivity (Wildman–Crippen MR) is 85.0 cm³/mol. The number of likely N-dealkylation sites (tertiary alicyclic amines) is 1. The van der Waals surface area contributed by atoms with Gasteiger partial charge in [-0.15, -0.1) is 11.3 Å². The molecule has 2 heterocycles. The number of rotatable bonds is 4. The van der Waals surface area contributed by atoms with Crippen LogP contribution in [0, 0.1) is 5.82 Å². The predicted octanol–water partition coefficient (Wildman–Crippen LogP) is 2.12. The molecule has 2 amide bonds. The van der Waals surface area contributed by atoms with Gasteiger partial charge in [0.05, 0.1) is 0 Å². The molecule has 23 heavy (non-hydrogen) atoms. The Bertz CT molecular complexity index is 731. The van der Waals surface area contributed by atoms with Gasteiger partial charge in [0.15, 0.2) is 5.13 Å². The van der Waals surface area contributed by atoms with Crippen LogP contribution in [0.3, 0.4) is 0 Å². The smallest absolute Gasteiger partial charge is 0.274 e. The average Bonchev–Trinajstić information content (AvgIpc) is 3.18. The maximum atomic E-state index is 12.9. The molecule has 2 aromatic rings. The molecule has 0 radical (unpaired) electrons. The number of halogens is 1. The Labute approximate surface area is 136 Å². The maximum Gasteiger partial charge on any atom is 0.274 e. The SMILES string of the molecule is NC(=O)[C@@H]1CCCN1C(=O)c1csc(Nc2ccc(F)cc2)n1. The number of primary amides is 1. The highest BCUT2D eigenvalue weighted by Gasteiger charge is 2.34. The lowest BCUT2D eigenvalue weighted by Crippen LogP contribution is -2.43. The van der Waals surface area contributed by atoms with Crippen molar-refractivity contribution in [2.24, 2.45) is 5.73 Å². The van der Waals surface area contributed by atoms with E-state index < -0.39 is 11.9 Å². The van der Waals surface area contributed by atoms with Crippen molar-refractivity contribution < 1.29 is 14.0 Å². The van der Waals surface area contributed by atoms with Crippen LogP contribution >= 0.6 is 11.3 Å². The van der Waals surface area contributed by atoms with Crippen molar-refractivity contribution in [3.8, 4) is 0 Å². The van der Waals surface area contributed by atoms with E-state index in [4.69, 9.17) is 5.73 Å². The highest BCUT2D eigenvalue weighted by atomic mass is 32.1. The van der Waals surface area contributed by atoms with Crippen LogP contribution in [-0.4, -0.2) is 34.3 Å². The van der Waals surface area contributed by atoms with Crippen LogP contribution in [0.4, 0.5) is 15.2 Å². The van der Waals surface area contributed by atoms with Gasteiger partial charge in [-0.2, -0.15) is 0 Å². The molecule has 120 valence electrons. The minimum absolute atomic E-state index is 0.271. The summed E-state index contributed by atoms with van der Waals surface area (Å²) >= 11 is 1.27. The Kier molecular flexibility index (Phi) is 4.24. The van der Waals surface area contributed by atoms with Gasteiger partial charge in [-0.3, -0.25) is 9.59 Å². The lowest BCUT2D eigenvalue weighted by molar-refractivity contribution is -0.121. The molecule has 1 saturated heterocycles. The van der Waals surface area contributed by atoms with Crippen LogP contribution in [0.2, 0.25) is 0 Å². The van der Waals surface area contributed by atoms with E-state index >= 15 is 0 Å². The van der Waals surface area contributed by atoms with Crippen molar-refractivity contribution in [3.63, 3.8) is 0 Å². The van der Waals surface area contributed by atoms with Gasteiger partial charge in [0.2, 0.25) is 5.91 Å². The summed E-state index contributed by atoms with van der Waals surface area (Å²) in [7, 11) is 0. The zero-order chi connectivity index (χ0) is 16.4. The van der Waals surface area contributed by atoms with E-state index in [1.165, 1.54) is 28.4 Å². The van der Waals surface area contributed by atoms with Crippen LogP contribution in [0.1, 0.15) is 23.3 Å². The fourth-order valence-electron chi connectivity index (χ4n) is 2.54. The number of nitrogens with two attached hydrogens (primary N) is 1. The monoisotopic (exact) mass is 334 g/mol. The van der Waals surface area contributed by atoms with Crippen molar-refractivity contribution in [1.29, 1.82) is 0 Å². The molecule has 0 saturated carbocycles. The summed E-state index contributed by atoms with van der Waals surface area (Å²) < 4.78 is 12.9. The van der Waals surface area contributed by atoms with Gasteiger partial charge >= 0.3 is 0 Å². The molecule has 0 bridgehead atoms. The molecule has 1 aromatic carbocycles. The summed E-state index contributed by atoms with van der Waals surface area (Å²) in [4.78, 5) is 29.6. The Morgan fingerprint density at radius 2 is 2.09 bits per heavy atom. The summed E-state index contributed by atoms with van der Waals surface area (Å²) in [6.45, 7) is 0.505. The minimum atomic E-state index is -0.558. The van der Waals surface area contributed by atoms with Crippen molar-refractivity contribution in [2.45, 2.75) is 18.9 Å². The number of carbonyl (C=O) groups is 2. The van der Waals surface area contributed by atoms with Gasteiger partial charge < -0.3 is 16.0 Å². The summed E-state index contributed by atoms with van der Waals surface area (Å²) in [5, 5.41) is 5.16. The highest BCUT2D eigenvalue weighted by Crippen LogP contribution is 2.24. The molecule has 1 fully saturated rings. The Hall–Kier alpha value is -2.48. The lowest BCUT2D eigenvalue weighted by Gasteiger charge is -2.20. The fourth-order valence-corrected chi connectivity index (χ4v) is 3.24. The zero-order valence-corrected chi connectivity index (χ0v) is 13.0. The number of carbonyl (C=O) groups excluding carboxylic acids is 2. The van der Waals surface area contributed by atoms with Crippen LogP contribution < -0.4 is 11.1 Å². The second kappa shape index (κ2) is 6.33. The third-order valence-electron chi connectivity index (χ3n) is 3.66. The van der Waals surface area contributed by atoms with E-state index in [2.05, 4.69) is 10.3 Å². The van der Waals surface area contributed by atoms with E-state index in [-0.39, 0.29) is 17.4 Å². The molecule has 3 rings (SSSR count). The molecule has 3 N–H and O–H groups in total. The van der Waals surface area contributed by atoms with Gasteiger partial charge in [0.1, 0.15) is 17.6 Å². The van der Waals surface area contributed by atoms with Gasteiger partial charge in [-0.1, -0.05) is 0 Å². The summed E-state index contributed by atoms with van der Waals surface area (Å²) in [6.07, 6.45) is 1.34. The number of aromatic nitrogens is 1. The highest BCUT2D eigenvalue weighted by molar-refractivity contribution is 7.14. The van der Waals surface area contributed by atoms with Gasteiger partial charge in [-0.25, -0.2) is 9.37 Å². The maximum absolute atomic E-state index is 12.9. The molecule has 1 aliphatic heterocycles. The normalized spacial score (nSPS) is 17.3. The standard InChI is InChI=1S/C15H15FN4O2S/c16-9-3-5-10(6-4-9)18-15-19-11(8-23-15)14(22)20-7-1-2-12(20)13(17)21/h3-6,8,12H,1-2,7H2,(H2,17,21)(H,18,19)/t12-/m0/s1. The first-order chi connectivity index (χ1) is 11.0. The average molecular weight is 334 g/mol. The molecule has 0 spiro atoms. The van der Waals surface area contributed by atoms with Gasteiger partial charge in [0, 0.05) is 17.6 Å². The number of anilines is 2. The van der Waals surface area contributed by atoms with Crippen molar-refractivity contribution in [3.05, 3.63) is 41.2 Å². The molecule has 1 aliphatic rings. The third kappa shape index (κ3) is 3.31. The number of thiazole rings is 1. The second-order valence-corrected chi connectivity index (χ2v) is 6.09. The summed E-state index contributed by atoms with van der Waals surface area (Å²) in [5.41, 5.74) is 6.28. The van der Waals surface area contributed by atoms with E-state index in [1.807, 2.05) is 0 Å². The molecule has 1 atom stereocenters. The Morgan fingerprint density at radius 1 is 1.35 bits per heavy atom. The molecule has 6 nitrogen and oxygen atoms in total. The first kappa shape index (κ1) is 15.4. The Morgan fingerprint density at radius 3 is 2.78 bits per heavy atom. The molecular formula is C15H15FN4O2S. The zero-order valence-electron chi connectivity index (χ0n) is 12.2. The van der Waals surface area contributed by atoms with E-state index in [9.17, 15) is 14.0 Å². The number of hydrogen-bond acceptors (Lipinski definition) is 5. The molecule has 0 aliphatic carbocycles. The quantitative estimate of drug-likeness (QED) is 0.896. The van der Waals surface area contributed by atoms with Crippen molar-refractivity contribution in [2.75, 3.05) is 11.9 Å². The van der Waals surface area contributed by atoms with Crippen LogP contribution in [0.15, 0.2) is 29.6 Å². The van der Waals surface area contributed by atoms with Crippen molar-refractivity contribution >= 4 is 34.0 Å². The number of nitrogens with one attached hydrogen (secondary N) is 1. The topological polar surface area (TPSA) is 88.3 Å². The second-order valence-electron chi connectivity index (χ2n) is 5.23. The number of hydrogen-bond donors (Lipinski definition) is 2. The molecular weight excluding hydrogens is 319 g/mol. The number of nitrogens with zero attached hydrogens (tertiary/aromatic N) is 2. The number of amides is 2. The minimum Gasteiger partial charge on any atom is -0.368 e. The molecule has 1 aromatic heterocycles.